The van der Waals surface area contributed by atoms with Gasteiger partial charge in [0, 0.05) is 23.5 Å². The molecule has 0 aliphatic rings. The molecule has 19 heavy (non-hydrogen) atoms. The van der Waals surface area contributed by atoms with Gasteiger partial charge in [-0.3, -0.25) is 9.78 Å². The number of aromatic nitrogens is 2. The molecule has 4 nitrogen and oxygen atoms in total. The van der Waals surface area contributed by atoms with Gasteiger partial charge in [0.2, 0.25) is 0 Å². The van der Waals surface area contributed by atoms with Gasteiger partial charge in [-0.15, -0.1) is 11.3 Å². The van der Waals surface area contributed by atoms with Gasteiger partial charge in [0.05, 0.1) is 0 Å². The summed E-state index contributed by atoms with van der Waals surface area (Å²) < 4.78 is 0. The van der Waals surface area contributed by atoms with Crippen molar-refractivity contribution >= 4 is 28.8 Å². The number of hydrogen-bond acceptors (Lipinski definition) is 4. The van der Waals surface area contributed by atoms with Crippen LogP contribution in [0.15, 0.2) is 24.5 Å². The van der Waals surface area contributed by atoms with Crippen molar-refractivity contribution in [2.24, 2.45) is 0 Å². The Morgan fingerprint density at radius 2 is 2.16 bits per heavy atom. The van der Waals surface area contributed by atoms with Crippen LogP contribution in [0.5, 0.6) is 0 Å². The lowest BCUT2D eigenvalue weighted by atomic mass is 10.1. The van der Waals surface area contributed by atoms with E-state index in [0.29, 0.717) is 9.88 Å². The van der Waals surface area contributed by atoms with Crippen LogP contribution in [0, 0.1) is 0 Å². The van der Waals surface area contributed by atoms with Gasteiger partial charge in [-0.1, -0.05) is 11.6 Å². The first-order valence-corrected chi connectivity index (χ1v) is 6.95. The summed E-state index contributed by atoms with van der Waals surface area (Å²) >= 11 is 7.30. The van der Waals surface area contributed by atoms with Crippen LogP contribution in [0.1, 0.15) is 30.4 Å². The van der Waals surface area contributed by atoms with E-state index in [2.05, 4.69) is 15.3 Å². The van der Waals surface area contributed by atoms with Crippen LogP contribution in [0.4, 0.5) is 0 Å². The molecule has 0 unspecified atom stereocenters. The van der Waals surface area contributed by atoms with E-state index in [9.17, 15) is 4.79 Å². The van der Waals surface area contributed by atoms with Crippen molar-refractivity contribution in [2.45, 2.75) is 26.3 Å². The molecule has 0 saturated carbocycles. The molecule has 0 spiro atoms. The van der Waals surface area contributed by atoms with Gasteiger partial charge in [-0.05, 0) is 32.9 Å². The molecule has 0 saturated heterocycles. The summed E-state index contributed by atoms with van der Waals surface area (Å²) in [5.74, 6) is -0.204. The molecule has 0 aliphatic heterocycles. The maximum absolute atomic E-state index is 12.1. The Hall–Kier alpha value is -1.46. The van der Waals surface area contributed by atoms with Gasteiger partial charge in [-0.25, -0.2) is 4.98 Å². The Kier molecular flexibility index (Phi) is 3.87. The Balaban J connectivity index is 2.30. The van der Waals surface area contributed by atoms with Gasteiger partial charge < -0.3 is 5.32 Å². The lowest BCUT2D eigenvalue weighted by Crippen LogP contribution is -2.40. The number of halogens is 1. The lowest BCUT2D eigenvalue weighted by Gasteiger charge is -2.19. The number of hydrogen-bond donors (Lipinski definition) is 1. The van der Waals surface area contributed by atoms with E-state index < -0.39 is 0 Å². The van der Waals surface area contributed by atoms with Crippen molar-refractivity contribution < 1.29 is 4.79 Å². The zero-order chi connectivity index (χ0) is 14.0. The molecule has 0 bridgehead atoms. The molecule has 100 valence electrons. The van der Waals surface area contributed by atoms with E-state index in [1.807, 2.05) is 32.9 Å². The molecule has 0 fully saturated rings. The SMILES string of the molecule is CC(C)(C)NC(=O)c1sc(-c2cccnc2)nc1Cl. The van der Waals surface area contributed by atoms with Crippen LogP contribution >= 0.6 is 22.9 Å². The zero-order valence-electron chi connectivity index (χ0n) is 10.9. The first-order chi connectivity index (χ1) is 8.87. The fourth-order valence-corrected chi connectivity index (χ4v) is 2.63. The van der Waals surface area contributed by atoms with Gasteiger partial charge >= 0.3 is 0 Å². The molecule has 0 aliphatic carbocycles. The van der Waals surface area contributed by atoms with Crippen LogP contribution < -0.4 is 5.32 Å². The van der Waals surface area contributed by atoms with E-state index in [-0.39, 0.29) is 16.6 Å². The predicted molar refractivity (Wildman–Crippen MR) is 77.6 cm³/mol. The third-order valence-electron chi connectivity index (χ3n) is 2.19. The number of nitrogens with zero attached hydrogens (tertiary/aromatic N) is 2. The van der Waals surface area contributed by atoms with Crippen LogP contribution in [-0.2, 0) is 0 Å². The topological polar surface area (TPSA) is 54.9 Å². The molecule has 2 rings (SSSR count). The number of carbonyl (C=O) groups excluding carboxylic acids is 1. The highest BCUT2D eigenvalue weighted by atomic mass is 35.5. The van der Waals surface area contributed by atoms with Crippen LogP contribution in [0.25, 0.3) is 10.6 Å². The van der Waals surface area contributed by atoms with E-state index >= 15 is 0 Å². The Morgan fingerprint density at radius 3 is 2.74 bits per heavy atom. The lowest BCUT2D eigenvalue weighted by molar-refractivity contribution is 0.0923. The smallest absolute Gasteiger partial charge is 0.265 e. The minimum Gasteiger partial charge on any atom is -0.347 e. The number of carbonyl (C=O) groups is 1. The highest BCUT2D eigenvalue weighted by molar-refractivity contribution is 7.17. The molecule has 2 aromatic rings. The molecule has 0 aromatic carbocycles. The Morgan fingerprint density at radius 1 is 1.42 bits per heavy atom. The second-order valence-electron chi connectivity index (χ2n) is 5.08. The van der Waals surface area contributed by atoms with Crippen molar-refractivity contribution in [3.05, 3.63) is 34.6 Å². The maximum atomic E-state index is 12.1. The highest BCUT2D eigenvalue weighted by Gasteiger charge is 2.21. The quantitative estimate of drug-likeness (QED) is 0.924. The van der Waals surface area contributed by atoms with Crippen molar-refractivity contribution in [1.29, 1.82) is 0 Å². The molecule has 2 aromatic heterocycles. The molecular formula is C13H14ClN3OS. The number of nitrogens with one attached hydrogen (secondary N) is 1. The fourth-order valence-electron chi connectivity index (χ4n) is 1.45. The fraction of sp³-hybridized carbons (Fsp3) is 0.308. The van der Waals surface area contributed by atoms with Gasteiger partial charge in [0.1, 0.15) is 9.88 Å². The molecule has 0 radical (unpaired) electrons. The third kappa shape index (κ3) is 3.52. The third-order valence-corrected chi connectivity index (χ3v) is 3.68. The summed E-state index contributed by atoms with van der Waals surface area (Å²) in [5.41, 5.74) is 0.544. The monoisotopic (exact) mass is 295 g/mol. The van der Waals surface area contributed by atoms with E-state index in [1.165, 1.54) is 11.3 Å². The van der Waals surface area contributed by atoms with E-state index in [1.54, 1.807) is 12.4 Å². The number of rotatable bonds is 2. The second kappa shape index (κ2) is 5.27. The van der Waals surface area contributed by atoms with Crippen molar-refractivity contribution in [3.8, 4) is 10.6 Å². The van der Waals surface area contributed by atoms with Crippen molar-refractivity contribution in [1.82, 2.24) is 15.3 Å². The predicted octanol–water partition coefficient (Wildman–Crippen LogP) is 3.39. The number of pyridine rings is 1. The zero-order valence-corrected chi connectivity index (χ0v) is 12.5. The first kappa shape index (κ1) is 14.0. The minimum absolute atomic E-state index is 0.204. The summed E-state index contributed by atoms with van der Waals surface area (Å²) in [5, 5.41) is 3.79. The normalized spacial score (nSPS) is 11.4. The first-order valence-electron chi connectivity index (χ1n) is 5.76. The highest BCUT2D eigenvalue weighted by Crippen LogP contribution is 2.30. The summed E-state index contributed by atoms with van der Waals surface area (Å²) in [4.78, 5) is 20.8. The average molecular weight is 296 g/mol. The maximum Gasteiger partial charge on any atom is 0.265 e. The average Bonchev–Trinajstić information content (AvgIpc) is 2.70. The van der Waals surface area contributed by atoms with Gasteiger partial charge in [-0.2, -0.15) is 0 Å². The second-order valence-corrected chi connectivity index (χ2v) is 6.44. The largest absolute Gasteiger partial charge is 0.347 e. The van der Waals surface area contributed by atoms with Crippen molar-refractivity contribution in [2.75, 3.05) is 0 Å². The number of thiazole rings is 1. The van der Waals surface area contributed by atoms with E-state index in [4.69, 9.17) is 11.6 Å². The molecule has 1 amide bonds. The van der Waals surface area contributed by atoms with Gasteiger partial charge in [0.25, 0.3) is 5.91 Å². The van der Waals surface area contributed by atoms with Crippen LogP contribution in [-0.4, -0.2) is 21.4 Å². The number of amides is 1. The molecule has 6 heteroatoms. The standard InChI is InChI=1S/C13H14ClN3OS/c1-13(2,3)17-11(18)9-10(14)16-12(19-9)8-5-4-6-15-7-8/h4-7H,1-3H3,(H,17,18). The summed E-state index contributed by atoms with van der Waals surface area (Å²) in [7, 11) is 0. The Bertz CT molecular complexity index is 590. The molecule has 2 heterocycles. The molecule has 1 N–H and O–H groups in total. The van der Waals surface area contributed by atoms with Crippen LogP contribution in [0.2, 0.25) is 5.15 Å². The van der Waals surface area contributed by atoms with Gasteiger partial charge in [0.15, 0.2) is 5.15 Å². The summed E-state index contributed by atoms with van der Waals surface area (Å²) in [6.45, 7) is 5.76. The molecular weight excluding hydrogens is 282 g/mol. The summed E-state index contributed by atoms with van der Waals surface area (Å²) in [6.07, 6.45) is 3.38. The van der Waals surface area contributed by atoms with E-state index in [0.717, 1.165) is 5.56 Å². The minimum atomic E-state index is -0.307. The molecule has 0 atom stereocenters. The summed E-state index contributed by atoms with van der Waals surface area (Å²) in [6, 6.07) is 3.70. The van der Waals surface area contributed by atoms with Crippen LogP contribution in [0.3, 0.4) is 0 Å². The Labute approximate surface area is 120 Å². The van der Waals surface area contributed by atoms with Crippen molar-refractivity contribution in [3.63, 3.8) is 0 Å².